The standard InChI is InChI=1S/C10H14N2O3/c1-2-15-6-7-3-4-8(9(13)5-7)10(11)12-14/h3-5,13-14H,2,6H2,1H3,(H2,11,12). The van der Waals surface area contributed by atoms with Crippen molar-refractivity contribution >= 4 is 5.84 Å². The van der Waals surface area contributed by atoms with Crippen molar-refractivity contribution in [3.63, 3.8) is 0 Å². The van der Waals surface area contributed by atoms with Gasteiger partial charge >= 0.3 is 0 Å². The third-order valence-corrected chi connectivity index (χ3v) is 1.92. The molecule has 5 nitrogen and oxygen atoms in total. The van der Waals surface area contributed by atoms with Gasteiger partial charge in [-0.15, -0.1) is 0 Å². The zero-order valence-corrected chi connectivity index (χ0v) is 8.47. The Kier molecular flexibility index (Phi) is 3.93. The van der Waals surface area contributed by atoms with Gasteiger partial charge in [0.25, 0.3) is 0 Å². The Labute approximate surface area is 87.8 Å². The third kappa shape index (κ3) is 2.85. The molecule has 0 aliphatic heterocycles. The second kappa shape index (κ2) is 5.21. The van der Waals surface area contributed by atoms with Crippen LogP contribution in [-0.4, -0.2) is 22.8 Å². The molecule has 0 spiro atoms. The van der Waals surface area contributed by atoms with Crippen LogP contribution < -0.4 is 5.73 Å². The van der Waals surface area contributed by atoms with Crippen molar-refractivity contribution in [2.75, 3.05) is 6.61 Å². The molecule has 82 valence electrons. The van der Waals surface area contributed by atoms with Gasteiger partial charge in [-0.2, -0.15) is 0 Å². The van der Waals surface area contributed by atoms with Gasteiger partial charge in [0.05, 0.1) is 12.2 Å². The lowest BCUT2D eigenvalue weighted by Gasteiger charge is -2.06. The summed E-state index contributed by atoms with van der Waals surface area (Å²) in [4.78, 5) is 0. The fraction of sp³-hybridized carbons (Fsp3) is 0.300. The molecule has 15 heavy (non-hydrogen) atoms. The fourth-order valence-electron chi connectivity index (χ4n) is 1.16. The Bertz CT molecular complexity index is 364. The molecule has 0 aliphatic carbocycles. The molecule has 4 N–H and O–H groups in total. The summed E-state index contributed by atoms with van der Waals surface area (Å²) < 4.78 is 5.18. The van der Waals surface area contributed by atoms with Gasteiger partial charge in [-0.1, -0.05) is 11.2 Å². The van der Waals surface area contributed by atoms with Crippen molar-refractivity contribution in [1.29, 1.82) is 0 Å². The fourth-order valence-corrected chi connectivity index (χ4v) is 1.16. The minimum Gasteiger partial charge on any atom is -0.507 e. The smallest absolute Gasteiger partial charge is 0.173 e. The van der Waals surface area contributed by atoms with E-state index in [0.29, 0.717) is 18.8 Å². The summed E-state index contributed by atoms with van der Waals surface area (Å²) in [5.41, 5.74) is 6.49. The Morgan fingerprint density at radius 2 is 2.27 bits per heavy atom. The summed E-state index contributed by atoms with van der Waals surface area (Å²) in [5, 5.41) is 20.8. The number of benzene rings is 1. The first-order valence-electron chi connectivity index (χ1n) is 4.56. The van der Waals surface area contributed by atoms with Crippen molar-refractivity contribution in [2.24, 2.45) is 10.9 Å². The summed E-state index contributed by atoms with van der Waals surface area (Å²) in [6, 6.07) is 4.87. The highest BCUT2D eigenvalue weighted by Gasteiger charge is 2.06. The Morgan fingerprint density at radius 3 is 2.80 bits per heavy atom. The molecule has 1 aromatic carbocycles. The topological polar surface area (TPSA) is 88.1 Å². The van der Waals surface area contributed by atoms with Crippen LogP contribution in [0.3, 0.4) is 0 Å². The van der Waals surface area contributed by atoms with Gasteiger partial charge in [-0.05, 0) is 24.6 Å². The first-order valence-corrected chi connectivity index (χ1v) is 4.56. The van der Waals surface area contributed by atoms with Crippen LogP contribution in [0.15, 0.2) is 23.4 Å². The molecule has 0 bridgehead atoms. The van der Waals surface area contributed by atoms with E-state index in [-0.39, 0.29) is 11.6 Å². The molecule has 0 amide bonds. The van der Waals surface area contributed by atoms with E-state index in [2.05, 4.69) is 5.16 Å². The molecule has 0 aliphatic rings. The van der Waals surface area contributed by atoms with Crippen LogP contribution in [0.2, 0.25) is 0 Å². The first kappa shape index (κ1) is 11.3. The predicted molar refractivity (Wildman–Crippen MR) is 55.9 cm³/mol. The molecule has 0 aromatic heterocycles. The van der Waals surface area contributed by atoms with Gasteiger partial charge in [0, 0.05) is 6.61 Å². The predicted octanol–water partition coefficient (Wildman–Crippen LogP) is 1.02. The number of rotatable bonds is 4. The molecule has 0 saturated heterocycles. The molecule has 1 aromatic rings. The monoisotopic (exact) mass is 210 g/mol. The normalized spacial score (nSPS) is 11.7. The van der Waals surface area contributed by atoms with Crippen molar-refractivity contribution in [2.45, 2.75) is 13.5 Å². The highest BCUT2D eigenvalue weighted by Crippen LogP contribution is 2.19. The second-order valence-electron chi connectivity index (χ2n) is 2.97. The quantitative estimate of drug-likeness (QED) is 0.299. The number of phenols is 1. The maximum Gasteiger partial charge on any atom is 0.173 e. The van der Waals surface area contributed by atoms with Crippen molar-refractivity contribution < 1.29 is 15.1 Å². The van der Waals surface area contributed by atoms with E-state index in [1.807, 2.05) is 6.92 Å². The number of ether oxygens (including phenoxy) is 1. The van der Waals surface area contributed by atoms with Gasteiger partial charge in [0.2, 0.25) is 0 Å². The lowest BCUT2D eigenvalue weighted by Crippen LogP contribution is -2.13. The van der Waals surface area contributed by atoms with E-state index < -0.39 is 0 Å². The number of aromatic hydroxyl groups is 1. The van der Waals surface area contributed by atoms with E-state index in [1.54, 1.807) is 12.1 Å². The number of oxime groups is 1. The van der Waals surface area contributed by atoms with Crippen LogP contribution in [0.5, 0.6) is 5.75 Å². The van der Waals surface area contributed by atoms with Crippen LogP contribution in [0, 0.1) is 0 Å². The van der Waals surface area contributed by atoms with Crippen LogP contribution in [-0.2, 0) is 11.3 Å². The molecular formula is C10H14N2O3. The number of nitrogens with zero attached hydrogens (tertiary/aromatic N) is 1. The Morgan fingerprint density at radius 1 is 1.53 bits per heavy atom. The summed E-state index contributed by atoms with van der Waals surface area (Å²) in [7, 11) is 0. The number of amidine groups is 1. The first-order chi connectivity index (χ1) is 7.19. The third-order valence-electron chi connectivity index (χ3n) is 1.92. The van der Waals surface area contributed by atoms with Crippen LogP contribution in [0.25, 0.3) is 0 Å². The Hall–Kier alpha value is -1.75. The lowest BCUT2D eigenvalue weighted by molar-refractivity contribution is 0.134. The average molecular weight is 210 g/mol. The molecule has 0 unspecified atom stereocenters. The molecule has 0 fully saturated rings. The lowest BCUT2D eigenvalue weighted by atomic mass is 10.1. The molecule has 0 atom stereocenters. The molecule has 0 radical (unpaired) electrons. The number of hydrogen-bond acceptors (Lipinski definition) is 4. The number of hydrogen-bond donors (Lipinski definition) is 3. The summed E-state index contributed by atoms with van der Waals surface area (Å²) in [5.74, 6) is -0.141. The molecule has 5 heteroatoms. The maximum atomic E-state index is 9.56. The zero-order chi connectivity index (χ0) is 11.3. The second-order valence-corrected chi connectivity index (χ2v) is 2.97. The molecular weight excluding hydrogens is 196 g/mol. The molecule has 0 saturated carbocycles. The largest absolute Gasteiger partial charge is 0.507 e. The van der Waals surface area contributed by atoms with Gasteiger partial charge in [0.15, 0.2) is 5.84 Å². The molecule has 1 rings (SSSR count). The van der Waals surface area contributed by atoms with E-state index in [0.717, 1.165) is 5.56 Å². The van der Waals surface area contributed by atoms with E-state index >= 15 is 0 Å². The van der Waals surface area contributed by atoms with Gasteiger partial charge in [0.1, 0.15) is 5.75 Å². The highest BCUT2D eigenvalue weighted by atomic mass is 16.5. The zero-order valence-electron chi connectivity index (χ0n) is 8.47. The number of nitrogens with two attached hydrogens (primary N) is 1. The van der Waals surface area contributed by atoms with Gasteiger partial charge < -0.3 is 20.8 Å². The van der Waals surface area contributed by atoms with E-state index in [1.165, 1.54) is 6.07 Å². The van der Waals surface area contributed by atoms with Crippen molar-refractivity contribution in [3.8, 4) is 5.75 Å². The SMILES string of the molecule is CCOCc1ccc(/C(N)=N\O)c(O)c1. The average Bonchev–Trinajstić information content (AvgIpc) is 2.25. The summed E-state index contributed by atoms with van der Waals surface area (Å²) >= 11 is 0. The van der Waals surface area contributed by atoms with E-state index in [4.69, 9.17) is 15.7 Å². The summed E-state index contributed by atoms with van der Waals surface area (Å²) in [6.45, 7) is 2.94. The van der Waals surface area contributed by atoms with Crippen molar-refractivity contribution in [1.82, 2.24) is 0 Å². The van der Waals surface area contributed by atoms with Crippen molar-refractivity contribution in [3.05, 3.63) is 29.3 Å². The van der Waals surface area contributed by atoms with Crippen LogP contribution in [0.4, 0.5) is 0 Å². The minimum atomic E-state index is -0.115. The maximum absolute atomic E-state index is 9.56. The number of phenolic OH excluding ortho intramolecular Hbond substituents is 1. The van der Waals surface area contributed by atoms with Gasteiger partial charge in [-0.25, -0.2) is 0 Å². The Balaban J connectivity index is 2.88. The van der Waals surface area contributed by atoms with E-state index in [9.17, 15) is 5.11 Å². The highest BCUT2D eigenvalue weighted by molar-refractivity contribution is 5.99. The van der Waals surface area contributed by atoms with Crippen LogP contribution in [0.1, 0.15) is 18.1 Å². The molecule has 0 heterocycles. The van der Waals surface area contributed by atoms with Crippen LogP contribution >= 0.6 is 0 Å². The summed E-state index contributed by atoms with van der Waals surface area (Å²) in [6.07, 6.45) is 0. The van der Waals surface area contributed by atoms with Gasteiger partial charge in [-0.3, -0.25) is 0 Å². The minimum absolute atomic E-state index is 0.0255.